The fourth-order valence-corrected chi connectivity index (χ4v) is 3.95. The van der Waals surface area contributed by atoms with Gasteiger partial charge >= 0.3 is 0 Å². The fraction of sp³-hybridized carbons (Fsp3) is 0.0870. The van der Waals surface area contributed by atoms with Crippen molar-refractivity contribution < 1.29 is 22.4 Å². The van der Waals surface area contributed by atoms with Gasteiger partial charge in [0.25, 0.3) is 11.8 Å². The molecule has 3 aromatic rings. The second-order valence-corrected chi connectivity index (χ2v) is 8.59. The number of pyridine rings is 1. The second kappa shape index (κ2) is 10.6. The van der Waals surface area contributed by atoms with E-state index in [4.69, 9.17) is 0 Å². The predicted molar refractivity (Wildman–Crippen MR) is 122 cm³/mol. The Balaban J connectivity index is 1.68. The zero-order valence-electron chi connectivity index (χ0n) is 17.4. The van der Waals surface area contributed by atoms with Crippen molar-refractivity contribution in [3.8, 4) is 0 Å². The van der Waals surface area contributed by atoms with Crippen LogP contribution in [-0.2, 0) is 16.6 Å². The summed E-state index contributed by atoms with van der Waals surface area (Å²) in [4.78, 5) is 28.1. The van der Waals surface area contributed by atoms with Crippen molar-refractivity contribution in [2.24, 2.45) is 0 Å². The minimum Gasteiger partial charge on any atom is -0.348 e. The largest absolute Gasteiger partial charge is 0.348 e. The van der Waals surface area contributed by atoms with E-state index in [-0.39, 0.29) is 24.6 Å². The van der Waals surface area contributed by atoms with Crippen LogP contribution in [0.25, 0.3) is 0 Å². The number of nitrogens with zero attached hydrogens (tertiary/aromatic N) is 1. The second-order valence-electron chi connectivity index (χ2n) is 6.86. The van der Waals surface area contributed by atoms with E-state index in [0.29, 0.717) is 16.8 Å². The summed E-state index contributed by atoms with van der Waals surface area (Å²) in [7, 11) is -4.14. The summed E-state index contributed by atoms with van der Waals surface area (Å²) in [6, 6.07) is 13.1. The lowest BCUT2D eigenvalue weighted by Crippen LogP contribution is -2.26. The minimum atomic E-state index is -4.14. The summed E-state index contributed by atoms with van der Waals surface area (Å²) in [6.45, 7) is 3.43. The Hall–Kier alpha value is -3.89. The van der Waals surface area contributed by atoms with Crippen LogP contribution in [0.15, 0.2) is 84.5 Å². The van der Waals surface area contributed by atoms with Gasteiger partial charge in [-0.2, -0.15) is 0 Å². The first-order valence-corrected chi connectivity index (χ1v) is 11.3. The summed E-state index contributed by atoms with van der Waals surface area (Å²) in [6.07, 6.45) is 4.35. The molecule has 0 aliphatic rings. The fourth-order valence-electron chi connectivity index (χ4n) is 2.85. The van der Waals surface area contributed by atoms with Crippen LogP contribution in [0, 0.1) is 5.82 Å². The van der Waals surface area contributed by atoms with E-state index in [1.54, 1.807) is 36.4 Å². The molecule has 0 aliphatic heterocycles. The van der Waals surface area contributed by atoms with Gasteiger partial charge < -0.3 is 10.6 Å². The van der Waals surface area contributed by atoms with Gasteiger partial charge in [0, 0.05) is 42.3 Å². The molecule has 8 nitrogen and oxygen atoms in total. The Bertz CT molecular complexity index is 1280. The highest BCUT2D eigenvalue weighted by atomic mass is 32.2. The van der Waals surface area contributed by atoms with Crippen LogP contribution in [0.3, 0.4) is 0 Å². The zero-order chi connectivity index (χ0) is 23.8. The number of amides is 2. The Labute approximate surface area is 190 Å². The Morgan fingerprint density at radius 3 is 2.48 bits per heavy atom. The van der Waals surface area contributed by atoms with Crippen LogP contribution in [0.1, 0.15) is 26.3 Å². The molecule has 0 bridgehead atoms. The van der Waals surface area contributed by atoms with E-state index >= 15 is 0 Å². The molecule has 1 aromatic heterocycles. The molecule has 3 N–H and O–H groups in total. The molecule has 10 heteroatoms. The molecule has 2 amide bonds. The number of benzene rings is 2. The van der Waals surface area contributed by atoms with Crippen molar-refractivity contribution >= 4 is 27.5 Å². The highest BCUT2D eigenvalue weighted by molar-refractivity contribution is 7.89. The lowest BCUT2D eigenvalue weighted by Gasteiger charge is -2.10. The molecule has 1 heterocycles. The lowest BCUT2D eigenvalue weighted by molar-refractivity contribution is 0.0949. The molecule has 3 rings (SSSR count). The third-order valence-electron chi connectivity index (χ3n) is 4.48. The minimum absolute atomic E-state index is 0.0162. The van der Waals surface area contributed by atoms with Gasteiger partial charge in [-0.25, -0.2) is 17.5 Å². The monoisotopic (exact) mass is 468 g/mol. The maximum Gasteiger partial charge on any atom is 0.255 e. The molecule has 0 saturated heterocycles. The summed E-state index contributed by atoms with van der Waals surface area (Å²) < 4.78 is 40.7. The first-order chi connectivity index (χ1) is 15.8. The van der Waals surface area contributed by atoms with Crippen LogP contribution < -0.4 is 15.4 Å². The van der Waals surface area contributed by atoms with E-state index in [1.165, 1.54) is 24.5 Å². The molecule has 0 saturated carbocycles. The average molecular weight is 469 g/mol. The SMILES string of the molecule is C=CCNS(=O)(=O)c1cc(C(=O)NCc2cccc(NC(=O)c3ccncc3)c2)ccc1F. The van der Waals surface area contributed by atoms with E-state index in [1.807, 2.05) is 0 Å². The van der Waals surface area contributed by atoms with Gasteiger partial charge in [0.05, 0.1) is 0 Å². The predicted octanol–water partition coefficient (Wildman–Crippen LogP) is 2.87. The summed E-state index contributed by atoms with van der Waals surface area (Å²) >= 11 is 0. The van der Waals surface area contributed by atoms with E-state index in [2.05, 4.69) is 26.9 Å². The van der Waals surface area contributed by atoms with Gasteiger partial charge in [-0.1, -0.05) is 18.2 Å². The molecular weight excluding hydrogens is 447 g/mol. The Kier molecular flexibility index (Phi) is 7.65. The summed E-state index contributed by atoms with van der Waals surface area (Å²) in [5, 5.41) is 5.42. The van der Waals surface area contributed by atoms with E-state index in [9.17, 15) is 22.4 Å². The van der Waals surface area contributed by atoms with Gasteiger partial charge in [-0.3, -0.25) is 14.6 Å². The van der Waals surface area contributed by atoms with Crippen molar-refractivity contribution in [1.82, 2.24) is 15.0 Å². The third-order valence-corrected chi connectivity index (χ3v) is 5.92. The summed E-state index contributed by atoms with van der Waals surface area (Å²) in [5.41, 5.74) is 1.66. The number of rotatable bonds is 9. The van der Waals surface area contributed by atoms with Crippen molar-refractivity contribution in [2.75, 3.05) is 11.9 Å². The number of aromatic nitrogens is 1. The molecule has 0 atom stereocenters. The molecule has 33 heavy (non-hydrogen) atoms. The van der Waals surface area contributed by atoms with Gasteiger partial charge in [-0.15, -0.1) is 6.58 Å². The van der Waals surface area contributed by atoms with Crippen molar-refractivity contribution in [3.05, 3.63) is 102 Å². The summed E-state index contributed by atoms with van der Waals surface area (Å²) in [5.74, 6) is -1.86. The van der Waals surface area contributed by atoms with Gasteiger partial charge in [0.2, 0.25) is 10.0 Å². The van der Waals surface area contributed by atoms with Crippen LogP contribution in [-0.4, -0.2) is 31.8 Å². The number of carbonyl (C=O) groups excluding carboxylic acids is 2. The Morgan fingerprint density at radius 2 is 1.76 bits per heavy atom. The van der Waals surface area contributed by atoms with Crippen LogP contribution in [0.4, 0.5) is 10.1 Å². The molecule has 0 aliphatic carbocycles. The lowest BCUT2D eigenvalue weighted by atomic mass is 10.1. The maximum atomic E-state index is 14.1. The first-order valence-electron chi connectivity index (χ1n) is 9.79. The smallest absolute Gasteiger partial charge is 0.255 e. The normalized spacial score (nSPS) is 10.9. The zero-order valence-corrected chi connectivity index (χ0v) is 18.2. The maximum absolute atomic E-state index is 14.1. The number of sulfonamides is 1. The standard InChI is InChI=1S/C23H21FN4O4S/c1-2-10-27-33(31,32)21-14-18(6-7-20(21)24)22(29)26-15-16-4-3-5-19(13-16)28-23(30)17-8-11-25-12-9-17/h2-9,11-14,27H,1,10,15H2,(H,26,29)(H,28,30). The number of nitrogens with one attached hydrogen (secondary N) is 3. The number of hydrogen-bond donors (Lipinski definition) is 3. The highest BCUT2D eigenvalue weighted by Crippen LogP contribution is 2.17. The molecule has 0 unspecified atom stereocenters. The molecule has 0 fully saturated rings. The van der Waals surface area contributed by atoms with Gasteiger partial charge in [0.1, 0.15) is 10.7 Å². The van der Waals surface area contributed by atoms with Gasteiger partial charge in [0.15, 0.2) is 0 Å². The van der Waals surface area contributed by atoms with Crippen molar-refractivity contribution in [1.29, 1.82) is 0 Å². The first kappa shape index (κ1) is 23.8. The number of carbonyl (C=O) groups is 2. The van der Waals surface area contributed by atoms with E-state index in [0.717, 1.165) is 12.1 Å². The van der Waals surface area contributed by atoms with Crippen LogP contribution >= 0.6 is 0 Å². The molecule has 0 radical (unpaired) electrons. The average Bonchev–Trinajstić information content (AvgIpc) is 2.82. The van der Waals surface area contributed by atoms with Crippen molar-refractivity contribution in [2.45, 2.75) is 11.4 Å². The van der Waals surface area contributed by atoms with Crippen LogP contribution in [0.5, 0.6) is 0 Å². The molecule has 2 aromatic carbocycles. The molecular formula is C23H21FN4O4S. The number of halogens is 1. The van der Waals surface area contributed by atoms with Crippen molar-refractivity contribution in [3.63, 3.8) is 0 Å². The quantitative estimate of drug-likeness (QED) is 0.418. The number of anilines is 1. The highest BCUT2D eigenvalue weighted by Gasteiger charge is 2.20. The Morgan fingerprint density at radius 1 is 1.00 bits per heavy atom. The number of hydrogen-bond acceptors (Lipinski definition) is 5. The van der Waals surface area contributed by atoms with Gasteiger partial charge in [-0.05, 0) is 48.0 Å². The third kappa shape index (κ3) is 6.31. The topological polar surface area (TPSA) is 117 Å². The van der Waals surface area contributed by atoms with E-state index < -0.39 is 26.6 Å². The molecule has 0 spiro atoms. The molecule has 170 valence electrons. The van der Waals surface area contributed by atoms with Crippen LogP contribution in [0.2, 0.25) is 0 Å².